The lowest BCUT2D eigenvalue weighted by Gasteiger charge is -2.27. The molecular formula is C30H29OS2+. The van der Waals surface area contributed by atoms with E-state index in [4.69, 9.17) is 0 Å². The van der Waals surface area contributed by atoms with Crippen LogP contribution in [0, 0.1) is 25.7 Å². The van der Waals surface area contributed by atoms with Crippen molar-refractivity contribution in [3.8, 4) is 0 Å². The lowest BCUT2D eigenvalue weighted by molar-refractivity contribution is -0.119. The second kappa shape index (κ2) is 9.04. The van der Waals surface area contributed by atoms with Gasteiger partial charge in [0.1, 0.15) is 0 Å². The normalized spacial score (nSPS) is 17.5. The molecule has 1 heterocycles. The summed E-state index contributed by atoms with van der Waals surface area (Å²) in [5, 5.41) is 0. The standard InChI is InChI=1S/C30H29OS2/c1-19(2)26-14-16-29-27(30(26)31)18-22-17-25(13-15-28(22)32-29)33(23-9-5-20(3)6-10-23)24-11-7-21(4)8-12-24/h5-17,19,26H,18H2,1-4H3/q+1. The van der Waals surface area contributed by atoms with Crippen molar-refractivity contribution in [3.05, 3.63) is 106 Å². The summed E-state index contributed by atoms with van der Waals surface area (Å²) in [5.41, 5.74) is 4.82. The first-order valence-corrected chi connectivity index (χ1v) is 13.6. The average molecular weight is 470 g/mol. The first-order valence-electron chi connectivity index (χ1n) is 11.5. The Bertz CT molecular complexity index is 1220. The van der Waals surface area contributed by atoms with E-state index in [0.29, 0.717) is 11.7 Å². The summed E-state index contributed by atoms with van der Waals surface area (Å²) in [6, 6.07) is 24.7. The van der Waals surface area contributed by atoms with Crippen LogP contribution >= 0.6 is 11.8 Å². The summed E-state index contributed by atoms with van der Waals surface area (Å²) in [7, 11) is -0.186. The van der Waals surface area contributed by atoms with Gasteiger partial charge in [0.05, 0.1) is 10.9 Å². The number of aryl methyl sites for hydroxylation is 2. The summed E-state index contributed by atoms with van der Waals surface area (Å²) in [6.07, 6.45) is 5.01. The fraction of sp³-hybridized carbons (Fsp3) is 0.233. The maximum absolute atomic E-state index is 13.2. The zero-order valence-electron chi connectivity index (χ0n) is 19.6. The van der Waals surface area contributed by atoms with E-state index in [9.17, 15) is 4.79 Å². The van der Waals surface area contributed by atoms with E-state index < -0.39 is 0 Å². The van der Waals surface area contributed by atoms with Crippen molar-refractivity contribution in [2.75, 3.05) is 0 Å². The molecule has 166 valence electrons. The summed E-state index contributed by atoms with van der Waals surface area (Å²) >= 11 is 1.75. The molecular weight excluding hydrogens is 440 g/mol. The van der Waals surface area contributed by atoms with E-state index in [0.717, 1.165) is 16.9 Å². The molecule has 1 atom stereocenters. The Morgan fingerprint density at radius 1 is 0.848 bits per heavy atom. The minimum absolute atomic E-state index is 0.00354. The molecule has 0 saturated heterocycles. The van der Waals surface area contributed by atoms with Crippen molar-refractivity contribution < 1.29 is 4.79 Å². The Hall–Kier alpha value is -2.49. The minimum Gasteiger partial charge on any atom is -0.294 e. The fourth-order valence-corrected chi connectivity index (χ4v) is 7.66. The van der Waals surface area contributed by atoms with Crippen LogP contribution in [0.15, 0.2) is 109 Å². The molecule has 3 aromatic rings. The van der Waals surface area contributed by atoms with E-state index in [1.54, 1.807) is 11.8 Å². The van der Waals surface area contributed by atoms with Gasteiger partial charge in [0.15, 0.2) is 20.5 Å². The Labute approximate surface area is 204 Å². The van der Waals surface area contributed by atoms with Crippen molar-refractivity contribution in [2.24, 2.45) is 11.8 Å². The predicted octanol–water partition coefficient (Wildman–Crippen LogP) is 7.71. The number of allylic oxidation sites excluding steroid dienone is 3. The van der Waals surface area contributed by atoms with E-state index in [-0.39, 0.29) is 16.8 Å². The third-order valence-corrected chi connectivity index (χ3v) is 9.87. The summed E-state index contributed by atoms with van der Waals surface area (Å²) in [5.74, 6) is 0.639. The molecule has 2 aliphatic rings. The largest absolute Gasteiger partial charge is 0.294 e. The van der Waals surface area contributed by atoms with E-state index >= 15 is 0 Å². The summed E-state index contributed by atoms with van der Waals surface area (Å²) < 4.78 is 0. The third kappa shape index (κ3) is 4.37. The molecule has 5 rings (SSSR count). The van der Waals surface area contributed by atoms with Gasteiger partial charge >= 0.3 is 0 Å². The maximum Gasteiger partial charge on any atom is 0.167 e. The predicted molar refractivity (Wildman–Crippen MR) is 140 cm³/mol. The van der Waals surface area contributed by atoms with Crippen molar-refractivity contribution in [1.82, 2.24) is 0 Å². The molecule has 1 aliphatic heterocycles. The fourth-order valence-electron chi connectivity index (χ4n) is 4.48. The number of carbonyl (C=O) groups excluding carboxylic acids is 1. The number of hydrogen-bond donors (Lipinski definition) is 0. The number of fused-ring (bicyclic) bond motifs is 1. The second-order valence-electron chi connectivity index (χ2n) is 9.32. The first-order chi connectivity index (χ1) is 15.9. The lowest BCUT2D eigenvalue weighted by Crippen LogP contribution is -2.25. The van der Waals surface area contributed by atoms with Crippen molar-refractivity contribution in [1.29, 1.82) is 0 Å². The van der Waals surface area contributed by atoms with Gasteiger partial charge in [-0.05, 0) is 67.8 Å². The molecule has 0 radical (unpaired) electrons. The zero-order chi connectivity index (χ0) is 23.1. The van der Waals surface area contributed by atoms with E-state index in [1.165, 1.54) is 36.3 Å². The van der Waals surface area contributed by atoms with Gasteiger partial charge in [-0.2, -0.15) is 0 Å². The molecule has 0 fully saturated rings. The van der Waals surface area contributed by atoms with E-state index in [1.807, 2.05) is 0 Å². The number of carbonyl (C=O) groups is 1. The summed E-state index contributed by atoms with van der Waals surface area (Å²) in [4.78, 5) is 19.6. The van der Waals surface area contributed by atoms with Crippen LogP contribution in [0.5, 0.6) is 0 Å². The Morgan fingerprint density at radius 2 is 1.42 bits per heavy atom. The van der Waals surface area contributed by atoms with Gasteiger partial charge in [-0.3, -0.25) is 4.79 Å². The number of benzene rings is 3. The van der Waals surface area contributed by atoms with Crippen LogP contribution in [0.2, 0.25) is 0 Å². The van der Waals surface area contributed by atoms with Crippen molar-refractivity contribution >= 4 is 28.4 Å². The minimum atomic E-state index is -0.186. The molecule has 3 heteroatoms. The third-order valence-electron chi connectivity index (χ3n) is 6.44. The second-order valence-corrected chi connectivity index (χ2v) is 12.4. The quantitative estimate of drug-likeness (QED) is 0.364. The number of thioether (sulfide) groups is 1. The van der Waals surface area contributed by atoms with Crippen LogP contribution in [0.4, 0.5) is 0 Å². The topological polar surface area (TPSA) is 17.1 Å². The average Bonchev–Trinajstić information content (AvgIpc) is 2.81. The van der Waals surface area contributed by atoms with Crippen LogP contribution in [0.1, 0.15) is 30.5 Å². The smallest absolute Gasteiger partial charge is 0.167 e. The Morgan fingerprint density at radius 3 is 2.00 bits per heavy atom. The van der Waals surface area contributed by atoms with Gasteiger partial charge < -0.3 is 0 Å². The zero-order valence-corrected chi connectivity index (χ0v) is 21.2. The van der Waals surface area contributed by atoms with Crippen molar-refractivity contribution in [3.63, 3.8) is 0 Å². The number of ketones is 1. The van der Waals surface area contributed by atoms with Gasteiger partial charge in [0.25, 0.3) is 0 Å². The van der Waals surface area contributed by atoms with Crippen LogP contribution in [-0.4, -0.2) is 5.78 Å². The molecule has 0 spiro atoms. The molecule has 0 aromatic heterocycles. The number of Topliss-reactive ketones (excluding diaryl/α,β-unsaturated/α-hetero) is 1. The summed E-state index contributed by atoms with van der Waals surface area (Å²) in [6.45, 7) is 8.54. The monoisotopic (exact) mass is 469 g/mol. The number of hydrogen-bond acceptors (Lipinski definition) is 2. The van der Waals surface area contributed by atoms with Crippen LogP contribution < -0.4 is 0 Å². The number of rotatable bonds is 4. The Kier molecular flexibility index (Phi) is 6.11. The molecule has 1 unspecified atom stereocenters. The van der Waals surface area contributed by atoms with Crippen LogP contribution in [0.25, 0.3) is 0 Å². The van der Waals surface area contributed by atoms with E-state index in [2.05, 4.69) is 107 Å². The molecule has 3 aromatic carbocycles. The highest BCUT2D eigenvalue weighted by Gasteiger charge is 2.34. The van der Waals surface area contributed by atoms with Crippen molar-refractivity contribution in [2.45, 2.75) is 53.7 Å². The molecule has 1 nitrogen and oxygen atoms in total. The highest BCUT2D eigenvalue weighted by molar-refractivity contribution is 8.03. The Balaban J connectivity index is 1.55. The molecule has 0 amide bonds. The molecule has 0 bridgehead atoms. The first kappa shape index (κ1) is 22.3. The van der Waals surface area contributed by atoms with Gasteiger partial charge in [0.2, 0.25) is 0 Å². The SMILES string of the molecule is Cc1ccc([S+](c2ccc(C)cc2)c2ccc3c(c2)CC2=C(C=CC(C(C)C)C2=O)S3)cc1. The van der Waals surface area contributed by atoms with Gasteiger partial charge in [0, 0.05) is 27.7 Å². The van der Waals surface area contributed by atoms with Gasteiger partial charge in [-0.25, -0.2) is 0 Å². The molecule has 33 heavy (non-hydrogen) atoms. The lowest BCUT2D eigenvalue weighted by atomic mass is 9.82. The highest BCUT2D eigenvalue weighted by atomic mass is 32.2. The highest BCUT2D eigenvalue weighted by Crippen LogP contribution is 2.44. The molecule has 0 N–H and O–H groups in total. The molecule has 0 saturated carbocycles. The maximum atomic E-state index is 13.2. The molecule has 1 aliphatic carbocycles. The van der Waals surface area contributed by atoms with Crippen LogP contribution in [0.3, 0.4) is 0 Å². The van der Waals surface area contributed by atoms with Crippen LogP contribution in [-0.2, 0) is 22.1 Å². The van der Waals surface area contributed by atoms with Gasteiger partial charge in [-0.15, -0.1) is 0 Å². The van der Waals surface area contributed by atoms with Gasteiger partial charge in [-0.1, -0.05) is 73.2 Å².